The molecule has 1 fully saturated rings. The van der Waals surface area contributed by atoms with Gasteiger partial charge >= 0.3 is 0 Å². The second-order valence-electron chi connectivity index (χ2n) is 6.26. The lowest BCUT2D eigenvalue weighted by Gasteiger charge is -2.33. The molecule has 1 saturated heterocycles. The Hall–Kier alpha value is -2.31. The smallest absolute Gasteiger partial charge is 0.279 e. The number of ether oxygens (including phenoxy) is 1. The quantitative estimate of drug-likeness (QED) is 0.834. The summed E-state index contributed by atoms with van der Waals surface area (Å²) >= 11 is 5.99. The van der Waals surface area contributed by atoms with Gasteiger partial charge in [-0.05, 0) is 30.3 Å². The van der Waals surface area contributed by atoms with E-state index in [2.05, 4.69) is 5.32 Å². The normalized spacial score (nSPS) is 15.0. The maximum absolute atomic E-state index is 13.9. The van der Waals surface area contributed by atoms with E-state index in [1.54, 1.807) is 37.4 Å². The predicted octanol–water partition coefficient (Wildman–Crippen LogP) is 1.83. The molecule has 2 aromatic carbocycles. The lowest BCUT2D eigenvalue weighted by molar-refractivity contribution is -0.892. The molecule has 1 heterocycles. The number of amides is 1. The number of rotatable bonds is 5. The number of carbonyl (C=O) groups is 1. The van der Waals surface area contributed by atoms with Gasteiger partial charge in [0.25, 0.3) is 5.91 Å². The Morgan fingerprint density at radius 2 is 2.00 bits per heavy atom. The molecule has 26 heavy (non-hydrogen) atoms. The summed E-state index contributed by atoms with van der Waals surface area (Å²) in [6.45, 7) is 3.32. The summed E-state index contributed by atoms with van der Waals surface area (Å²) in [5.74, 6) is 0.267. The van der Waals surface area contributed by atoms with Crippen molar-refractivity contribution in [2.24, 2.45) is 0 Å². The van der Waals surface area contributed by atoms with Crippen molar-refractivity contribution in [2.75, 3.05) is 50.1 Å². The van der Waals surface area contributed by atoms with E-state index < -0.39 is 0 Å². The molecule has 2 aromatic rings. The number of benzene rings is 2. The summed E-state index contributed by atoms with van der Waals surface area (Å²) in [5, 5.41) is 3.39. The van der Waals surface area contributed by atoms with Crippen LogP contribution in [0.4, 0.5) is 15.8 Å². The minimum Gasteiger partial charge on any atom is -0.495 e. The molecule has 0 unspecified atom stereocenters. The van der Waals surface area contributed by atoms with Crippen LogP contribution in [0.5, 0.6) is 5.75 Å². The molecule has 1 aliphatic rings. The van der Waals surface area contributed by atoms with Crippen molar-refractivity contribution in [3.05, 3.63) is 53.3 Å². The number of carbonyl (C=O) groups excluding carboxylic acids is 1. The van der Waals surface area contributed by atoms with Crippen molar-refractivity contribution >= 4 is 28.9 Å². The fourth-order valence-corrected chi connectivity index (χ4v) is 3.32. The zero-order valence-corrected chi connectivity index (χ0v) is 15.4. The second kappa shape index (κ2) is 8.38. The number of halogens is 2. The number of hydrogen-bond donors (Lipinski definition) is 2. The molecule has 138 valence electrons. The molecule has 0 atom stereocenters. The predicted molar refractivity (Wildman–Crippen MR) is 101 cm³/mol. The maximum atomic E-state index is 13.9. The molecule has 2 N–H and O–H groups in total. The second-order valence-corrected chi connectivity index (χ2v) is 6.69. The highest BCUT2D eigenvalue weighted by Crippen LogP contribution is 2.27. The van der Waals surface area contributed by atoms with E-state index in [0.29, 0.717) is 41.8 Å². The van der Waals surface area contributed by atoms with Gasteiger partial charge in [-0.15, -0.1) is 0 Å². The summed E-state index contributed by atoms with van der Waals surface area (Å²) < 4.78 is 19.1. The number of nitrogens with zero attached hydrogens (tertiary/aromatic N) is 1. The van der Waals surface area contributed by atoms with E-state index in [0.717, 1.165) is 18.0 Å². The molecule has 0 spiro atoms. The number of quaternary nitrogens is 1. The molecular formula is C19H22ClFN3O2+. The van der Waals surface area contributed by atoms with Crippen LogP contribution in [0.1, 0.15) is 0 Å². The Bertz CT molecular complexity index is 779. The molecule has 0 aliphatic carbocycles. The summed E-state index contributed by atoms with van der Waals surface area (Å²) in [6, 6.07) is 11.9. The molecule has 0 saturated carbocycles. The van der Waals surface area contributed by atoms with Crippen molar-refractivity contribution in [2.45, 2.75) is 0 Å². The third kappa shape index (κ3) is 4.45. The lowest BCUT2D eigenvalue weighted by Crippen LogP contribution is -3.15. The van der Waals surface area contributed by atoms with Crippen LogP contribution >= 0.6 is 11.6 Å². The van der Waals surface area contributed by atoms with Crippen molar-refractivity contribution in [3.8, 4) is 5.75 Å². The van der Waals surface area contributed by atoms with Gasteiger partial charge in [-0.3, -0.25) is 4.79 Å². The first-order valence-electron chi connectivity index (χ1n) is 8.53. The average molecular weight is 379 g/mol. The van der Waals surface area contributed by atoms with Crippen molar-refractivity contribution in [3.63, 3.8) is 0 Å². The van der Waals surface area contributed by atoms with Crippen molar-refractivity contribution in [1.82, 2.24) is 0 Å². The van der Waals surface area contributed by atoms with Gasteiger partial charge in [0.15, 0.2) is 6.54 Å². The van der Waals surface area contributed by atoms with Gasteiger partial charge in [0.05, 0.1) is 44.7 Å². The molecule has 0 aromatic heterocycles. The van der Waals surface area contributed by atoms with E-state index in [1.165, 1.54) is 6.07 Å². The Morgan fingerprint density at radius 3 is 2.69 bits per heavy atom. The van der Waals surface area contributed by atoms with Gasteiger partial charge in [0.2, 0.25) is 0 Å². The summed E-state index contributed by atoms with van der Waals surface area (Å²) in [5.41, 5.74) is 1.19. The zero-order valence-electron chi connectivity index (χ0n) is 14.6. The first kappa shape index (κ1) is 18.5. The van der Waals surface area contributed by atoms with Crippen LogP contribution < -0.4 is 19.9 Å². The maximum Gasteiger partial charge on any atom is 0.279 e. The van der Waals surface area contributed by atoms with Crippen molar-refractivity contribution < 1.29 is 18.8 Å². The van der Waals surface area contributed by atoms with Crippen molar-refractivity contribution in [1.29, 1.82) is 0 Å². The highest BCUT2D eigenvalue weighted by molar-refractivity contribution is 6.31. The van der Waals surface area contributed by atoms with E-state index in [-0.39, 0.29) is 11.7 Å². The highest BCUT2D eigenvalue weighted by Gasteiger charge is 2.24. The number of methoxy groups -OCH3 is 1. The molecule has 3 rings (SSSR count). The third-order valence-corrected chi connectivity index (χ3v) is 4.74. The highest BCUT2D eigenvalue weighted by atomic mass is 35.5. The van der Waals surface area contributed by atoms with E-state index in [1.807, 2.05) is 11.0 Å². The Morgan fingerprint density at radius 1 is 1.27 bits per heavy atom. The molecular weight excluding hydrogens is 357 g/mol. The number of anilines is 2. The minimum absolute atomic E-state index is 0.0973. The first-order valence-corrected chi connectivity index (χ1v) is 8.91. The SMILES string of the molecule is COc1ccc(Cl)cc1NC(=O)C[NH+]1CCN(c2ccccc2F)CC1. The Kier molecular flexibility index (Phi) is 5.96. The Balaban J connectivity index is 1.54. The number of nitrogens with one attached hydrogen (secondary N) is 2. The van der Waals surface area contributed by atoms with Crippen LogP contribution in [-0.4, -0.2) is 45.7 Å². The van der Waals surface area contributed by atoms with Gasteiger partial charge in [-0.2, -0.15) is 0 Å². The number of piperazine rings is 1. The summed E-state index contributed by atoms with van der Waals surface area (Å²) in [7, 11) is 1.55. The van der Waals surface area contributed by atoms with Gasteiger partial charge < -0.3 is 19.9 Å². The van der Waals surface area contributed by atoms with E-state index in [9.17, 15) is 9.18 Å². The Labute approximate surface area is 157 Å². The standard InChI is InChI=1S/C19H21ClFN3O2/c1-26-18-7-6-14(20)12-16(18)22-19(25)13-23-8-10-24(11-9-23)17-5-3-2-4-15(17)21/h2-7,12H,8-11,13H2,1H3,(H,22,25)/p+1. The van der Waals surface area contributed by atoms with Crippen LogP contribution in [0.25, 0.3) is 0 Å². The number of para-hydroxylation sites is 1. The molecule has 1 aliphatic heterocycles. The summed E-state index contributed by atoms with van der Waals surface area (Å²) in [4.78, 5) is 15.5. The van der Waals surface area contributed by atoms with Gasteiger partial charge in [0.1, 0.15) is 11.6 Å². The zero-order chi connectivity index (χ0) is 18.5. The third-order valence-electron chi connectivity index (χ3n) is 4.51. The minimum atomic E-state index is -0.207. The molecule has 1 amide bonds. The van der Waals surface area contributed by atoms with Crippen LogP contribution in [0.15, 0.2) is 42.5 Å². The van der Waals surface area contributed by atoms with Crippen LogP contribution in [0, 0.1) is 5.82 Å². The van der Waals surface area contributed by atoms with E-state index >= 15 is 0 Å². The molecule has 0 bridgehead atoms. The van der Waals surface area contributed by atoms with Crippen LogP contribution in [0.3, 0.4) is 0 Å². The molecule has 7 heteroatoms. The first-order chi connectivity index (χ1) is 12.6. The van der Waals surface area contributed by atoms with Gasteiger partial charge in [-0.25, -0.2) is 4.39 Å². The van der Waals surface area contributed by atoms with Crippen LogP contribution in [-0.2, 0) is 4.79 Å². The fourth-order valence-electron chi connectivity index (χ4n) is 3.15. The van der Waals surface area contributed by atoms with Crippen LogP contribution in [0.2, 0.25) is 5.02 Å². The van der Waals surface area contributed by atoms with Gasteiger partial charge in [0, 0.05) is 5.02 Å². The fraction of sp³-hybridized carbons (Fsp3) is 0.316. The van der Waals surface area contributed by atoms with Gasteiger partial charge in [-0.1, -0.05) is 23.7 Å². The summed E-state index contributed by atoms with van der Waals surface area (Å²) in [6.07, 6.45) is 0. The largest absolute Gasteiger partial charge is 0.495 e. The monoisotopic (exact) mass is 378 g/mol. The molecule has 0 radical (unpaired) electrons. The topological polar surface area (TPSA) is 46.0 Å². The number of hydrogen-bond acceptors (Lipinski definition) is 3. The molecule has 5 nitrogen and oxygen atoms in total. The lowest BCUT2D eigenvalue weighted by atomic mass is 10.2. The average Bonchev–Trinajstić information content (AvgIpc) is 2.63. The van der Waals surface area contributed by atoms with E-state index in [4.69, 9.17) is 16.3 Å².